The van der Waals surface area contributed by atoms with Crippen molar-refractivity contribution in [2.45, 2.75) is 33.4 Å². The number of fused-ring (bicyclic) bond motifs is 1. The molecule has 2 heterocycles. The first kappa shape index (κ1) is 24.9. The van der Waals surface area contributed by atoms with E-state index < -0.39 is 0 Å². The highest BCUT2D eigenvalue weighted by molar-refractivity contribution is 14.1. The zero-order valence-corrected chi connectivity index (χ0v) is 22.7. The van der Waals surface area contributed by atoms with Crippen LogP contribution in [0.4, 0.5) is 0 Å². The quantitative estimate of drug-likeness (QED) is 0.245. The smallest absolute Gasteiger partial charge is 0.338 e. The zero-order chi connectivity index (χ0) is 24.2. The van der Waals surface area contributed by atoms with Crippen LogP contribution in [-0.4, -0.2) is 29.3 Å². The Kier molecular flexibility index (Phi) is 8.10. The zero-order valence-electron chi connectivity index (χ0n) is 19.0. The number of esters is 1. The van der Waals surface area contributed by atoms with E-state index in [-0.39, 0.29) is 12.0 Å². The Hall–Kier alpha value is -2.17. The fraction of sp³-hybridized carbons (Fsp3) is 0.280. The van der Waals surface area contributed by atoms with E-state index in [1.54, 1.807) is 6.92 Å². The molecule has 178 valence electrons. The largest absolute Gasteiger partial charge is 0.490 e. The van der Waals surface area contributed by atoms with Gasteiger partial charge in [-0.25, -0.2) is 9.79 Å². The average Bonchev–Trinajstić information content (AvgIpc) is 3.26. The molecule has 0 amide bonds. The van der Waals surface area contributed by atoms with E-state index in [2.05, 4.69) is 27.6 Å². The first-order chi connectivity index (χ1) is 16.4. The lowest BCUT2D eigenvalue weighted by Gasteiger charge is -2.33. The second-order valence-corrected chi connectivity index (χ2v) is 9.91. The van der Waals surface area contributed by atoms with Crippen LogP contribution >= 0.6 is 46.0 Å². The minimum atomic E-state index is -0.386. The Morgan fingerprint density at radius 1 is 1.21 bits per heavy atom. The van der Waals surface area contributed by atoms with E-state index in [0.29, 0.717) is 47.6 Å². The summed E-state index contributed by atoms with van der Waals surface area (Å²) in [6.45, 7) is 6.65. The Bertz CT molecular complexity index is 1200. The van der Waals surface area contributed by atoms with Gasteiger partial charge in [0.25, 0.3) is 0 Å². The third kappa shape index (κ3) is 5.08. The van der Waals surface area contributed by atoms with Crippen LogP contribution in [0.15, 0.2) is 64.3 Å². The number of nitrogens with zero attached hydrogens (tertiary/aromatic N) is 2. The fourth-order valence-electron chi connectivity index (χ4n) is 3.81. The van der Waals surface area contributed by atoms with Crippen LogP contribution in [0.1, 0.15) is 37.9 Å². The topological polar surface area (TPSA) is 60.4 Å². The molecular formula is C25H24ClIN2O4S. The van der Waals surface area contributed by atoms with Gasteiger partial charge in [0.2, 0.25) is 0 Å². The number of rotatable bonds is 8. The molecule has 0 spiro atoms. The maximum atomic E-state index is 13.0. The molecule has 2 aromatic carbocycles. The molecule has 0 fully saturated rings. The Morgan fingerprint density at radius 2 is 2.00 bits per heavy atom. The third-order valence-electron chi connectivity index (χ3n) is 5.29. The van der Waals surface area contributed by atoms with Crippen molar-refractivity contribution in [2.75, 3.05) is 13.2 Å². The van der Waals surface area contributed by atoms with E-state index in [1.165, 1.54) is 11.8 Å². The van der Waals surface area contributed by atoms with E-state index in [0.717, 1.165) is 19.9 Å². The van der Waals surface area contributed by atoms with Gasteiger partial charge in [-0.1, -0.05) is 41.6 Å². The van der Waals surface area contributed by atoms with E-state index in [1.807, 2.05) is 66.8 Å². The predicted octanol–water partition coefficient (Wildman–Crippen LogP) is 6.69. The number of carbonyl (C=O) groups is 1. The van der Waals surface area contributed by atoms with Crippen molar-refractivity contribution in [1.29, 1.82) is 0 Å². The predicted molar refractivity (Wildman–Crippen MR) is 144 cm³/mol. The molecule has 6 nitrogen and oxygen atoms in total. The van der Waals surface area contributed by atoms with Crippen LogP contribution in [0, 0.1) is 3.57 Å². The Labute approximate surface area is 222 Å². The average molecular weight is 611 g/mol. The van der Waals surface area contributed by atoms with Crippen LogP contribution in [0.2, 0.25) is 5.02 Å². The van der Waals surface area contributed by atoms with Gasteiger partial charge < -0.3 is 19.1 Å². The van der Waals surface area contributed by atoms with Crippen LogP contribution in [0.25, 0.3) is 0 Å². The van der Waals surface area contributed by atoms with Crippen molar-refractivity contribution < 1.29 is 19.0 Å². The molecule has 2 aromatic rings. The molecule has 0 bridgehead atoms. The number of carbonyl (C=O) groups excluding carboxylic acids is 1. The molecule has 0 unspecified atom stereocenters. The Morgan fingerprint density at radius 3 is 2.74 bits per heavy atom. The highest BCUT2D eigenvalue weighted by atomic mass is 127. The summed E-state index contributed by atoms with van der Waals surface area (Å²) in [4.78, 5) is 19.6. The van der Waals surface area contributed by atoms with Gasteiger partial charge in [-0.15, -0.1) is 0 Å². The van der Waals surface area contributed by atoms with Gasteiger partial charge in [0.05, 0.1) is 34.1 Å². The van der Waals surface area contributed by atoms with Crippen molar-refractivity contribution in [3.63, 3.8) is 0 Å². The van der Waals surface area contributed by atoms with Gasteiger partial charge >= 0.3 is 5.97 Å². The van der Waals surface area contributed by atoms with Crippen molar-refractivity contribution in [1.82, 2.24) is 4.90 Å². The number of hydrogen-bond donors (Lipinski definition) is 0. The van der Waals surface area contributed by atoms with Crippen molar-refractivity contribution in [3.05, 3.63) is 79.0 Å². The van der Waals surface area contributed by atoms with E-state index >= 15 is 0 Å². The van der Waals surface area contributed by atoms with Gasteiger partial charge in [-0.2, -0.15) is 0 Å². The molecule has 2 aliphatic rings. The molecule has 0 N–H and O–H groups in total. The molecule has 0 saturated heterocycles. The van der Waals surface area contributed by atoms with Crippen LogP contribution in [-0.2, 0) is 16.1 Å². The summed E-state index contributed by atoms with van der Waals surface area (Å²) in [6.07, 6.45) is 1.94. The molecule has 34 heavy (non-hydrogen) atoms. The second kappa shape index (κ2) is 11.0. The number of aliphatic imine (C=N–C) groups is 1. The summed E-state index contributed by atoms with van der Waals surface area (Å²) in [5, 5.41) is 3.43. The second-order valence-electron chi connectivity index (χ2n) is 7.47. The number of hydrogen-bond acceptors (Lipinski definition) is 7. The van der Waals surface area contributed by atoms with Crippen LogP contribution < -0.4 is 9.47 Å². The first-order valence-corrected chi connectivity index (χ1v) is 13.2. The molecule has 0 saturated carbocycles. The number of amidine groups is 1. The van der Waals surface area contributed by atoms with Gasteiger partial charge in [0, 0.05) is 16.8 Å². The normalized spacial score (nSPS) is 16.9. The number of benzene rings is 2. The molecule has 9 heteroatoms. The summed E-state index contributed by atoms with van der Waals surface area (Å²) >= 11 is 10.1. The molecule has 0 aromatic heterocycles. The lowest BCUT2D eigenvalue weighted by molar-refractivity contribution is -0.139. The minimum absolute atomic E-state index is 0.292. The summed E-state index contributed by atoms with van der Waals surface area (Å²) in [5.74, 6) is 0.878. The SMILES string of the molecule is CCOC(=O)C1=C(C)N=C2SC=CN2[C@H]1c1cc(I)c(OCc2ccccc2Cl)c(OCC)c1. The standard InChI is InChI=1S/C25H24ClIN2O4S/c1-4-31-20-13-17(12-19(27)23(20)33-14-16-8-6-7-9-18(16)26)22-21(24(30)32-5-2)15(3)28-25-29(22)10-11-34-25/h6-13,22H,4-5,14H2,1-3H3/t22-/m0/s1. The maximum absolute atomic E-state index is 13.0. The van der Waals surface area contributed by atoms with E-state index in [4.69, 9.17) is 25.8 Å². The first-order valence-electron chi connectivity index (χ1n) is 10.8. The lowest BCUT2D eigenvalue weighted by Crippen LogP contribution is -2.34. The summed E-state index contributed by atoms with van der Waals surface area (Å²) in [6, 6.07) is 11.2. The highest BCUT2D eigenvalue weighted by Crippen LogP contribution is 2.44. The molecule has 2 aliphatic heterocycles. The highest BCUT2D eigenvalue weighted by Gasteiger charge is 2.38. The molecule has 1 atom stereocenters. The van der Waals surface area contributed by atoms with E-state index in [9.17, 15) is 4.79 Å². The summed E-state index contributed by atoms with van der Waals surface area (Å²) in [7, 11) is 0. The maximum Gasteiger partial charge on any atom is 0.338 e. The van der Waals surface area contributed by atoms with Crippen molar-refractivity contribution in [3.8, 4) is 11.5 Å². The Balaban J connectivity index is 1.74. The fourth-order valence-corrected chi connectivity index (χ4v) is 5.58. The van der Waals surface area contributed by atoms with Crippen LogP contribution in [0.3, 0.4) is 0 Å². The monoisotopic (exact) mass is 610 g/mol. The lowest BCUT2D eigenvalue weighted by atomic mass is 9.94. The van der Waals surface area contributed by atoms with Crippen LogP contribution in [0.5, 0.6) is 11.5 Å². The van der Waals surface area contributed by atoms with Gasteiger partial charge in [-0.3, -0.25) is 0 Å². The molecule has 0 radical (unpaired) electrons. The van der Waals surface area contributed by atoms with Gasteiger partial charge in [-0.05, 0) is 72.5 Å². The van der Waals surface area contributed by atoms with Gasteiger partial charge in [0.1, 0.15) is 6.61 Å². The number of ether oxygens (including phenoxy) is 3. The summed E-state index contributed by atoms with van der Waals surface area (Å²) in [5.41, 5.74) is 2.94. The van der Waals surface area contributed by atoms with Crippen molar-refractivity contribution >= 4 is 57.1 Å². The molecular weight excluding hydrogens is 587 g/mol. The summed E-state index contributed by atoms with van der Waals surface area (Å²) < 4.78 is 18.4. The molecule has 0 aliphatic carbocycles. The minimum Gasteiger partial charge on any atom is -0.490 e. The number of thioether (sulfide) groups is 1. The molecule has 4 rings (SSSR count). The van der Waals surface area contributed by atoms with Gasteiger partial charge in [0.15, 0.2) is 16.7 Å². The van der Waals surface area contributed by atoms with Crippen molar-refractivity contribution in [2.24, 2.45) is 4.99 Å². The third-order valence-corrected chi connectivity index (χ3v) is 7.23. The number of halogens is 2. The number of allylic oxidation sites excluding steroid dienone is 1.